The first kappa shape index (κ1) is 21.9. The van der Waals surface area contributed by atoms with Gasteiger partial charge in [0.25, 0.3) is 5.56 Å². The number of benzene rings is 3. The lowest BCUT2D eigenvalue weighted by atomic mass is 9.98. The van der Waals surface area contributed by atoms with E-state index in [4.69, 9.17) is 14.1 Å². The summed E-state index contributed by atoms with van der Waals surface area (Å²) in [5.41, 5.74) is 6.85. The summed E-state index contributed by atoms with van der Waals surface area (Å²) in [4.78, 5) is 17.2. The third-order valence-corrected chi connectivity index (χ3v) is 6.59. The summed E-state index contributed by atoms with van der Waals surface area (Å²) in [6, 6.07) is 25.6. The number of aromatic amines is 2. The molecule has 6 rings (SSSR count). The lowest BCUT2D eigenvalue weighted by molar-refractivity contribution is 0.310. The Hall–Kier alpha value is -4.58. The van der Waals surface area contributed by atoms with Crippen LogP contribution in [0.2, 0.25) is 0 Å². The maximum absolute atomic E-state index is 12.1. The number of aromatic nitrogens is 3. The Morgan fingerprint density at radius 3 is 2.50 bits per heavy atom. The van der Waals surface area contributed by atoms with Crippen LogP contribution in [-0.2, 0) is 13.0 Å². The first-order chi connectivity index (χ1) is 17.6. The Morgan fingerprint density at radius 2 is 1.75 bits per heavy atom. The molecule has 3 aromatic heterocycles. The molecule has 0 aliphatic carbocycles. The van der Waals surface area contributed by atoms with E-state index in [2.05, 4.69) is 29.3 Å². The molecule has 0 bridgehead atoms. The Bertz CT molecular complexity index is 1760. The smallest absolute Gasteiger partial charge is 0.264 e. The molecule has 0 amide bonds. The van der Waals surface area contributed by atoms with E-state index >= 15 is 0 Å². The lowest BCUT2D eigenvalue weighted by Gasteiger charge is -2.16. The molecule has 0 spiro atoms. The fourth-order valence-electron chi connectivity index (χ4n) is 4.73. The van der Waals surface area contributed by atoms with Gasteiger partial charge in [0.1, 0.15) is 23.6 Å². The van der Waals surface area contributed by atoms with Gasteiger partial charge in [-0.25, -0.2) is 4.98 Å². The summed E-state index contributed by atoms with van der Waals surface area (Å²) in [6.45, 7) is 4.58. The minimum Gasteiger partial charge on any atom is -0.488 e. The van der Waals surface area contributed by atoms with Gasteiger partial charge in [0.05, 0.1) is 16.6 Å². The topological polar surface area (TPSA) is 83.9 Å². The van der Waals surface area contributed by atoms with E-state index in [1.165, 1.54) is 0 Å². The van der Waals surface area contributed by atoms with Gasteiger partial charge in [-0.05, 0) is 42.7 Å². The van der Waals surface area contributed by atoms with Crippen molar-refractivity contribution in [1.82, 2.24) is 15.2 Å². The number of pyridine rings is 1. The molecule has 0 unspecified atom stereocenters. The molecule has 0 radical (unpaired) electrons. The standard InChI is InChI=1S/C30H25N3O3/c1-3-20-13-14-26(35-17-19-9-5-4-6-10-19)28-22(23-16-27(34)33-32-23)15-24(31-29(20)28)30-18(2)21-11-7-8-12-25(21)36-30/h4-16H,3,17H2,1-2H3,(H2,32,33,34). The SMILES string of the molecule is CCc1ccc(OCc2ccccc2)c2c(-c3cc(=O)[nH][nH]3)cc(-c3oc4ccccc4c3C)nc12. The fraction of sp³-hybridized carbons (Fsp3) is 0.133. The van der Waals surface area contributed by atoms with Gasteiger partial charge in [-0.2, -0.15) is 0 Å². The Labute approximate surface area is 207 Å². The second kappa shape index (κ2) is 8.89. The Morgan fingerprint density at radius 1 is 0.944 bits per heavy atom. The maximum atomic E-state index is 12.1. The molecule has 2 N–H and O–H groups in total. The minimum atomic E-state index is -0.199. The van der Waals surface area contributed by atoms with Crippen molar-refractivity contribution in [1.29, 1.82) is 0 Å². The van der Waals surface area contributed by atoms with Crippen molar-refractivity contribution in [2.75, 3.05) is 0 Å². The van der Waals surface area contributed by atoms with Crippen LogP contribution in [0.15, 0.2) is 88.1 Å². The van der Waals surface area contributed by atoms with Crippen LogP contribution in [0.5, 0.6) is 5.75 Å². The molecule has 3 aromatic carbocycles. The van der Waals surface area contributed by atoms with Crippen LogP contribution < -0.4 is 10.3 Å². The number of aryl methyl sites for hydroxylation is 2. The second-order valence-electron chi connectivity index (χ2n) is 8.85. The first-order valence-corrected chi connectivity index (χ1v) is 12.0. The van der Waals surface area contributed by atoms with Crippen LogP contribution in [-0.4, -0.2) is 15.2 Å². The van der Waals surface area contributed by atoms with Gasteiger partial charge in [-0.1, -0.05) is 61.5 Å². The molecule has 6 heteroatoms. The van der Waals surface area contributed by atoms with E-state index in [1.54, 1.807) is 6.07 Å². The van der Waals surface area contributed by atoms with Crippen molar-refractivity contribution in [3.8, 4) is 28.5 Å². The predicted octanol–water partition coefficient (Wildman–Crippen LogP) is 6.78. The van der Waals surface area contributed by atoms with Crippen molar-refractivity contribution in [3.05, 3.63) is 106 Å². The lowest BCUT2D eigenvalue weighted by Crippen LogP contribution is -2.00. The summed E-state index contributed by atoms with van der Waals surface area (Å²) in [7, 11) is 0. The van der Waals surface area contributed by atoms with Crippen molar-refractivity contribution in [2.45, 2.75) is 26.9 Å². The molecule has 0 saturated heterocycles. The number of rotatable bonds is 6. The molecule has 6 nitrogen and oxygen atoms in total. The van der Waals surface area contributed by atoms with Crippen molar-refractivity contribution in [3.63, 3.8) is 0 Å². The van der Waals surface area contributed by atoms with Crippen LogP contribution in [0.4, 0.5) is 0 Å². The highest BCUT2D eigenvalue weighted by molar-refractivity contribution is 6.02. The number of nitrogens with one attached hydrogen (secondary N) is 2. The van der Waals surface area contributed by atoms with Gasteiger partial charge in [-0.3, -0.25) is 15.0 Å². The van der Waals surface area contributed by atoms with Gasteiger partial charge in [-0.15, -0.1) is 0 Å². The normalized spacial score (nSPS) is 11.4. The summed E-state index contributed by atoms with van der Waals surface area (Å²) in [6.07, 6.45) is 0.800. The number of hydrogen-bond acceptors (Lipinski definition) is 4. The Balaban J connectivity index is 1.60. The number of hydrogen-bond donors (Lipinski definition) is 2. The summed E-state index contributed by atoms with van der Waals surface area (Å²) >= 11 is 0. The van der Waals surface area contributed by atoms with Crippen LogP contribution in [0.1, 0.15) is 23.6 Å². The van der Waals surface area contributed by atoms with Crippen molar-refractivity contribution >= 4 is 21.9 Å². The fourth-order valence-corrected chi connectivity index (χ4v) is 4.73. The highest BCUT2D eigenvalue weighted by atomic mass is 16.5. The van der Waals surface area contributed by atoms with E-state index in [-0.39, 0.29) is 5.56 Å². The predicted molar refractivity (Wildman–Crippen MR) is 142 cm³/mol. The number of H-pyrrole nitrogens is 2. The molecule has 0 fully saturated rings. The molecule has 0 atom stereocenters. The molecule has 0 saturated carbocycles. The molecule has 36 heavy (non-hydrogen) atoms. The monoisotopic (exact) mass is 475 g/mol. The van der Waals surface area contributed by atoms with Crippen LogP contribution in [0, 0.1) is 6.92 Å². The number of furan rings is 1. The number of fused-ring (bicyclic) bond motifs is 2. The maximum Gasteiger partial charge on any atom is 0.264 e. The third kappa shape index (κ3) is 3.77. The van der Waals surface area contributed by atoms with E-state index in [0.29, 0.717) is 23.7 Å². The minimum absolute atomic E-state index is 0.199. The zero-order valence-electron chi connectivity index (χ0n) is 20.1. The zero-order valence-corrected chi connectivity index (χ0v) is 20.1. The molecule has 0 aliphatic rings. The molecular formula is C30H25N3O3. The average Bonchev–Trinajstić information content (AvgIpc) is 3.50. The van der Waals surface area contributed by atoms with E-state index in [9.17, 15) is 4.79 Å². The van der Waals surface area contributed by atoms with Gasteiger partial charge in [0.15, 0.2) is 5.76 Å². The number of para-hydroxylation sites is 1. The highest BCUT2D eigenvalue weighted by Gasteiger charge is 2.21. The van der Waals surface area contributed by atoms with Crippen molar-refractivity contribution in [2.24, 2.45) is 0 Å². The molecule has 0 aliphatic heterocycles. The van der Waals surface area contributed by atoms with E-state index in [0.717, 1.165) is 56.3 Å². The van der Waals surface area contributed by atoms with Crippen molar-refractivity contribution < 1.29 is 9.15 Å². The van der Waals surface area contributed by atoms with Gasteiger partial charge in [0.2, 0.25) is 0 Å². The highest BCUT2D eigenvalue weighted by Crippen LogP contribution is 2.40. The summed E-state index contributed by atoms with van der Waals surface area (Å²) in [5, 5.41) is 7.60. The van der Waals surface area contributed by atoms with E-state index in [1.807, 2.05) is 67.6 Å². The van der Waals surface area contributed by atoms with Crippen LogP contribution in [0.25, 0.3) is 44.6 Å². The summed E-state index contributed by atoms with van der Waals surface area (Å²) < 4.78 is 12.6. The van der Waals surface area contributed by atoms with Crippen LogP contribution >= 0.6 is 0 Å². The van der Waals surface area contributed by atoms with Gasteiger partial charge in [0, 0.05) is 22.6 Å². The molecular weight excluding hydrogens is 450 g/mol. The molecule has 3 heterocycles. The summed E-state index contributed by atoms with van der Waals surface area (Å²) in [5.74, 6) is 1.43. The molecule has 178 valence electrons. The average molecular weight is 476 g/mol. The Kier molecular flexibility index (Phi) is 5.41. The largest absolute Gasteiger partial charge is 0.488 e. The first-order valence-electron chi connectivity index (χ1n) is 12.0. The zero-order chi connectivity index (χ0) is 24.6. The molecule has 6 aromatic rings. The number of nitrogens with zero attached hydrogens (tertiary/aromatic N) is 1. The number of ether oxygens (including phenoxy) is 1. The van der Waals surface area contributed by atoms with Crippen LogP contribution in [0.3, 0.4) is 0 Å². The van der Waals surface area contributed by atoms with E-state index < -0.39 is 0 Å². The van der Waals surface area contributed by atoms with Gasteiger partial charge < -0.3 is 9.15 Å². The second-order valence-corrected chi connectivity index (χ2v) is 8.85. The quantitative estimate of drug-likeness (QED) is 0.278. The third-order valence-electron chi connectivity index (χ3n) is 6.59. The van der Waals surface area contributed by atoms with Gasteiger partial charge >= 0.3 is 0 Å².